The SMILES string of the molecule is CCC(CC)C(=O)N1CCN(c2ccc(N3CC(CO)OC3=O)cn2)CC1. The molecule has 3 heterocycles. The van der Waals surface area contributed by atoms with Gasteiger partial charge in [-0.15, -0.1) is 0 Å². The van der Waals surface area contributed by atoms with Gasteiger partial charge in [0.2, 0.25) is 5.91 Å². The van der Waals surface area contributed by atoms with E-state index in [0.29, 0.717) is 25.3 Å². The van der Waals surface area contributed by atoms with Gasteiger partial charge in [-0.3, -0.25) is 9.69 Å². The van der Waals surface area contributed by atoms with Crippen molar-refractivity contribution in [3.63, 3.8) is 0 Å². The molecule has 3 rings (SSSR count). The van der Waals surface area contributed by atoms with Crippen LogP contribution in [-0.2, 0) is 9.53 Å². The second-order valence-electron chi connectivity index (χ2n) is 7.00. The van der Waals surface area contributed by atoms with Gasteiger partial charge < -0.3 is 19.6 Å². The zero-order valence-corrected chi connectivity index (χ0v) is 16.0. The van der Waals surface area contributed by atoms with Gasteiger partial charge in [-0.1, -0.05) is 13.8 Å². The monoisotopic (exact) mass is 376 g/mol. The first-order valence-electron chi connectivity index (χ1n) is 9.66. The summed E-state index contributed by atoms with van der Waals surface area (Å²) >= 11 is 0. The van der Waals surface area contributed by atoms with Crippen molar-refractivity contribution < 1.29 is 19.4 Å². The average molecular weight is 376 g/mol. The highest BCUT2D eigenvalue weighted by molar-refractivity contribution is 5.89. The standard InChI is InChI=1S/C19H28N4O4/c1-3-14(4-2)18(25)22-9-7-21(8-10-22)17-6-5-15(11-20-17)23-12-16(13-24)27-19(23)26/h5-6,11,14,16,24H,3-4,7-10,12-13H2,1-2H3. The molecule has 8 nitrogen and oxygen atoms in total. The number of hydrogen-bond acceptors (Lipinski definition) is 6. The molecule has 2 aliphatic rings. The van der Waals surface area contributed by atoms with Gasteiger partial charge in [0.25, 0.3) is 0 Å². The zero-order chi connectivity index (χ0) is 19.4. The Morgan fingerprint density at radius 3 is 2.48 bits per heavy atom. The van der Waals surface area contributed by atoms with E-state index in [2.05, 4.69) is 23.7 Å². The Kier molecular flexibility index (Phi) is 6.15. The van der Waals surface area contributed by atoms with Crippen LogP contribution in [0.5, 0.6) is 0 Å². The molecule has 2 amide bonds. The van der Waals surface area contributed by atoms with E-state index in [0.717, 1.165) is 31.7 Å². The molecule has 0 radical (unpaired) electrons. The number of aliphatic hydroxyl groups is 1. The van der Waals surface area contributed by atoms with Gasteiger partial charge in [0.1, 0.15) is 11.9 Å². The molecule has 1 unspecified atom stereocenters. The maximum atomic E-state index is 12.5. The second-order valence-corrected chi connectivity index (χ2v) is 7.00. The van der Waals surface area contributed by atoms with Crippen molar-refractivity contribution in [2.45, 2.75) is 32.8 Å². The van der Waals surface area contributed by atoms with E-state index >= 15 is 0 Å². The Balaban J connectivity index is 1.58. The molecule has 1 N–H and O–H groups in total. The number of carbonyl (C=O) groups excluding carboxylic acids is 2. The summed E-state index contributed by atoms with van der Waals surface area (Å²) in [7, 11) is 0. The molecule has 2 saturated heterocycles. The molecule has 0 spiro atoms. The molecule has 2 fully saturated rings. The fourth-order valence-electron chi connectivity index (χ4n) is 3.60. The van der Waals surface area contributed by atoms with Gasteiger partial charge in [0.05, 0.1) is 25.0 Å². The van der Waals surface area contributed by atoms with Crippen molar-refractivity contribution >= 4 is 23.5 Å². The number of cyclic esters (lactones) is 1. The smallest absolute Gasteiger partial charge is 0.414 e. The van der Waals surface area contributed by atoms with E-state index in [9.17, 15) is 9.59 Å². The molecule has 148 valence electrons. The molecular formula is C19H28N4O4. The highest BCUT2D eigenvalue weighted by Gasteiger charge is 2.32. The summed E-state index contributed by atoms with van der Waals surface area (Å²) in [6, 6.07) is 3.72. The number of pyridine rings is 1. The Morgan fingerprint density at radius 1 is 1.26 bits per heavy atom. The number of aromatic nitrogens is 1. The number of ether oxygens (including phenoxy) is 1. The van der Waals surface area contributed by atoms with E-state index in [1.54, 1.807) is 6.20 Å². The van der Waals surface area contributed by atoms with E-state index < -0.39 is 12.2 Å². The molecule has 27 heavy (non-hydrogen) atoms. The van der Waals surface area contributed by atoms with Crippen LogP contribution in [0.25, 0.3) is 0 Å². The molecule has 8 heteroatoms. The minimum atomic E-state index is -0.488. The predicted molar refractivity (Wildman–Crippen MR) is 102 cm³/mol. The van der Waals surface area contributed by atoms with Crippen molar-refractivity contribution in [3.05, 3.63) is 18.3 Å². The number of piperazine rings is 1. The highest BCUT2D eigenvalue weighted by atomic mass is 16.6. The largest absolute Gasteiger partial charge is 0.441 e. The van der Waals surface area contributed by atoms with Crippen molar-refractivity contribution in [2.24, 2.45) is 5.92 Å². The average Bonchev–Trinajstić information content (AvgIpc) is 3.10. The lowest BCUT2D eigenvalue weighted by Crippen LogP contribution is -2.50. The molecule has 2 aliphatic heterocycles. The lowest BCUT2D eigenvalue weighted by molar-refractivity contribution is -0.136. The number of anilines is 2. The summed E-state index contributed by atoms with van der Waals surface area (Å²) in [5.74, 6) is 1.21. The van der Waals surface area contributed by atoms with Crippen LogP contribution in [0.3, 0.4) is 0 Å². The van der Waals surface area contributed by atoms with Crippen molar-refractivity contribution in [1.29, 1.82) is 0 Å². The van der Waals surface area contributed by atoms with E-state index in [4.69, 9.17) is 9.84 Å². The summed E-state index contributed by atoms with van der Waals surface area (Å²) in [4.78, 5) is 34.4. The third kappa shape index (κ3) is 4.16. The van der Waals surface area contributed by atoms with Crippen molar-refractivity contribution in [1.82, 2.24) is 9.88 Å². The Bertz CT molecular complexity index is 654. The number of nitrogens with zero attached hydrogens (tertiary/aromatic N) is 4. The summed E-state index contributed by atoms with van der Waals surface area (Å²) in [6.45, 7) is 7.16. The molecule has 0 aromatic carbocycles. The van der Waals surface area contributed by atoms with Crippen LogP contribution >= 0.6 is 0 Å². The normalized spacial score (nSPS) is 20.4. The minimum absolute atomic E-state index is 0.122. The summed E-state index contributed by atoms with van der Waals surface area (Å²) in [5, 5.41) is 9.13. The molecule has 0 bridgehead atoms. The first-order chi connectivity index (χ1) is 13.1. The topological polar surface area (TPSA) is 86.2 Å². The van der Waals surface area contributed by atoms with Gasteiger partial charge in [0, 0.05) is 32.1 Å². The number of amides is 2. The van der Waals surface area contributed by atoms with Crippen LogP contribution < -0.4 is 9.80 Å². The maximum Gasteiger partial charge on any atom is 0.414 e. The molecule has 0 saturated carbocycles. The van der Waals surface area contributed by atoms with Gasteiger partial charge in [-0.25, -0.2) is 9.78 Å². The van der Waals surface area contributed by atoms with E-state index in [1.807, 2.05) is 17.0 Å². The first kappa shape index (κ1) is 19.4. The number of aliphatic hydroxyl groups excluding tert-OH is 1. The summed E-state index contributed by atoms with van der Waals surface area (Å²) in [6.07, 6.45) is 2.47. The Morgan fingerprint density at radius 2 is 1.96 bits per heavy atom. The van der Waals surface area contributed by atoms with Gasteiger partial charge in [-0.2, -0.15) is 0 Å². The lowest BCUT2D eigenvalue weighted by Gasteiger charge is -2.37. The Hall–Kier alpha value is -2.35. The summed E-state index contributed by atoms with van der Waals surface area (Å²) in [5.41, 5.74) is 0.655. The molecule has 1 aromatic rings. The van der Waals surface area contributed by atoms with Gasteiger partial charge >= 0.3 is 6.09 Å². The fraction of sp³-hybridized carbons (Fsp3) is 0.632. The van der Waals surface area contributed by atoms with Crippen LogP contribution in [0, 0.1) is 5.92 Å². The van der Waals surface area contributed by atoms with E-state index in [1.165, 1.54) is 4.90 Å². The van der Waals surface area contributed by atoms with Crippen LogP contribution in [0.2, 0.25) is 0 Å². The highest BCUT2D eigenvalue weighted by Crippen LogP contribution is 2.24. The predicted octanol–water partition coefficient (Wildman–Crippen LogP) is 1.48. The van der Waals surface area contributed by atoms with Crippen molar-refractivity contribution in [2.75, 3.05) is 49.1 Å². The lowest BCUT2D eigenvalue weighted by atomic mass is 10.0. The van der Waals surface area contributed by atoms with Crippen LogP contribution in [-0.4, -0.2) is 72.4 Å². The zero-order valence-electron chi connectivity index (χ0n) is 16.0. The van der Waals surface area contributed by atoms with Crippen LogP contribution in [0.4, 0.5) is 16.3 Å². The van der Waals surface area contributed by atoms with Gasteiger partial charge in [0.15, 0.2) is 0 Å². The van der Waals surface area contributed by atoms with Crippen molar-refractivity contribution in [3.8, 4) is 0 Å². The van der Waals surface area contributed by atoms with Crippen LogP contribution in [0.15, 0.2) is 18.3 Å². The summed E-state index contributed by atoms with van der Waals surface area (Å²) < 4.78 is 5.06. The molecule has 1 aromatic heterocycles. The second kappa shape index (κ2) is 8.56. The molecule has 1 atom stereocenters. The minimum Gasteiger partial charge on any atom is -0.441 e. The number of rotatable bonds is 6. The Labute approximate surface area is 159 Å². The molecular weight excluding hydrogens is 348 g/mol. The number of carbonyl (C=O) groups is 2. The van der Waals surface area contributed by atoms with E-state index in [-0.39, 0.29) is 18.4 Å². The fourth-order valence-corrected chi connectivity index (χ4v) is 3.60. The molecule has 0 aliphatic carbocycles. The third-order valence-corrected chi connectivity index (χ3v) is 5.37. The first-order valence-corrected chi connectivity index (χ1v) is 9.66. The van der Waals surface area contributed by atoms with Crippen LogP contribution in [0.1, 0.15) is 26.7 Å². The quantitative estimate of drug-likeness (QED) is 0.809. The van der Waals surface area contributed by atoms with Gasteiger partial charge in [-0.05, 0) is 25.0 Å². The number of hydrogen-bond donors (Lipinski definition) is 1. The maximum absolute atomic E-state index is 12.5. The third-order valence-electron chi connectivity index (χ3n) is 5.37.